The lowest BCUT2D eigenvalue weighted by atomic mass is 9.99. The molecule has 26 heavy (non-hydrogen) atoms. The minimum Gasteiger partial charge on any atom is -0.316 e. The van der Waals surface area contributed by atoms with Gasteiger partial charge >= 0.3 is 0 Å². The minimum atomic E-state index is -0.328. The molecule has 1 aliphatic heterocycles. The van der Waals surface area contributed by atoms with Gasteiger partial charge < -0.3 is 4.57 Å². The third-order valence-corrected chi connectivity index (χ3v) is 5.01. The summed E-state index contributed by atoms with van der Waals surface area (Å²) >= 11 is 6.03. The normalized spacial score (nSPS) is 16.2. The van der Waals surface area contributed by atoms with Crippen molar-refractivity contribution in [2.75, 3.05) is 4.90 Å². The Morgan fingerprint density at radius 2 is 1.85 bits per heavy atom. The smallest absolute Gasteiger partial charge is 0.280 e. The molecule has 0 saturated heterocycles. The van der Waals surface area contributed by atoms with Gasteiger partial charge in [-0.1, -0.05) is 23.7 Å². The third-order valence-electron chi connectivity index (χ3n) is 4.76. The van der Waals surface area contributed by atoms with Gasteiger partial charge in [0.1, 0.15) is 0 Å². The van der Waals surface area contributed by atoms with Crippen LogP contribution in [0.1, 0.15) is 38.9 Å². The summed E-state index contributed by atoms with van der Waals surface area (Å²) in [7, 11) is 1.68. The van der Waals surface area contributed by atoms with Crippen LogP contribution < -0.4 is 10.5 Å². The highest BCUT2D eigenvalue weighted by molar-refractivity contribution is 6.30. The first-order chi connectivity index (χ1) is 12.4. The van der Waals surface area contributed by atoms with Crippen molar-refractivity contribution in [3.8, 4) is 0 Å². The number of carbonyl (C=O) groups excluding carboxylic acids is 1. The van der Waals surface area contributed by atoms with Crippen LogP contribution in [0.5, 0.6) is 0 Å². The van der Waals surface area contributed by atoms with Gasteiger partial charge in [0.2, 0.25) is 0 Å². The summed E-state index contributed by atoms with van der Waals surface area (Å²) in [5.41, 5.74) is 4.19. The number of anilines is 1. The number of benzene rings is 1. The predicted molar refractivity (Wildman–Crippen MR) is 99.8 cm³/mol. The number of pyridine rings is 1. The molecule has 0 aliphatic carbocycles. The van der Waals surface area contributed by atoms with Gasteiger partial charge in [-0.2, -0.15) is 5.10 Å². The van der Waals surface area contributed by atoms with E-state index in [1.807, 2.05) is 19.1 Å². The molecule has 0 bridgehead atoms. The van der Waals surface area contributed by atoms with Gasteiger partial charge in [-0.05, 0) is 37.6 Å². The maximum absolute atomic E-state index is 13.1. The van der Waals surface area contributed by atoms with Gasteiger partial charge in [-0.15, -0.1) is 0 Å². The standard InChI is InChI=1S/C19H17ClN4O2/c1-10-8-14(9-23(3)18(10)25)24-17(12-4-6-13(20)7-5-12)15-11(2)21-22-16(15)19(24)26/h4-9,17H,1-3H3,(H,21,22)/t17-/m0/s1. The zero-order valence-electron chi connectivity index (χ0n) is 14.6. The first kappa shape index (κ1) is 16.6. The molecule has 0 fully saturated rings. The molecular formula is C19H17ClN4O2. The summed E-state index contributed by atoms with van der Waals surface area (Å²) in [6.45, 7) is 3.64. The second kappa shape index (κ2) is 5.85. The van der Waals surface area contributed by atoms with E-state index < -0.39 is 0 Å². The summed E-state index contributed by atoms with van der Waals surface area (Å²) in [5, 5.41) is 7.73. The molecule has 132 valence electrons. The van der Waals surface area contributed by atoms with E-state index in [4.69, 9.17) is 11.6 Å². The molecule has 2 aromatic heterocycles. The molecule has 6 nitrogen and oxygen atoms in total. The number of halogens is 1. The summed E-state index contributed by atoms with van der Waals surface area (Å²) < 4.78 is 1.49. The lowest BCUT2D eigenvalue weighted by Gasteiger charge is -2.27. The van der Waals surface area contributed by atoms with Crippen LogP contribution >= 0.6 is 11.6 Å². The number of aryl methyl sites for hydroxylation is 3. The molecule has 0 spiro atoms. The number of carbonyl (C=O) groups is 1. The molecule has 1 N–H and O–H groups in total. The molecule has 4 rings (SSSR count). The lowest BCUT2D eigenvalue weighted by Crippen LogP contribution is -2.31. The third kappa shape index (κ3) is 2.37. The van der Waals surface area contributed by atoms with Crippen molar-refractivity contribution in [3.05, 3.63) is 80.0 Å². The fourth-order valence-electron chi connectivity index (χ4n) is 3.51. The average Bonchev–Trinajstić information content (AvgIpc) is 3.12. The second-order valence-electron chi connectivity index (χ2n) is 6.54. The number of aromatic nitrogens is 3. The molecule has 3 heterocycles. The zero-order valence-corrected chi connectivity index (χ0v) is 15.3. The van der Waals surface area contributed by atoms with Crippen molar-refractivity contribution in [3.63, 3.8) is 0 Å². The lowest BCUT2D eigenvalue weighted by molar-refractivity contribution is 0.0988. The van der Waals surface area contributed by atoms with Crippen LogP contribution in [0.4, 0.5) is 5.69 Å². The Morgan fingerprint density at radius 3 is 2.50 bits per heavy atom. The molecule has 1 aromatic carbocycles. The monoisotopic (exact) mass is 368 g/mol. The van der Waals surface area contributed by atoms with Crippen LogP contribution in [0.25, 0.3) is 0 Å². The van der Waals surface area contributed by atoms with Crippen LogP contribution in [0.3, 0.4) is 0 Å². The van der Waals surface area contributed by atoms with Crippen LogP contribution in [-0.4, -0.2) is 20.7 Å². The van der Waals surface area contributed by atoms with Crippen molar-refractivity contribution >= 4 is 23.2 Å². The number of aromatic amines is 1. The number of nitrogens with zero attached hydrogens (tertiary/aromatic N) is 3. The highest BCUT2D eigenvalue weighted by Gasteiger charge is 2.42. The Bertz CT molecular complexity index is 1060. The Labute approximate surface area is 155 Å². The van der Waals surface area contributed by atoms with Crippen LogP contribution in [-0.2, 0) is 7.05 Å². The van der Waals surface area contributed by atoms with E-state index >= 15 is 0 Å². The highest BCUT2D eigenvalue weighted by atomic mass is 35.5. The number of rotatable bonds is 2. The second-order valence-corrected chi connectivity index (χ2v) is 6.97. The Hall–Kier alpha value is -2.86. The molecular weight excluding hydrogens is 352 g/mol. The summed E-state index contributed by atoms with van der Waals surface area (Å²) in [4.78, 5) is 26.8. The average molecular weight is 369 g/mol. The molecule has 1 amide bonds. The van der Waals surface area contributed by atoms with Gasteiger partial charge in [-0.25, -0.2) is 0 Å². The molecule has 0 radical (unpaired) electrons. The molecule has 0 unspecified atom stereocenters. The van der Waals surface area contributed by atoms with Gasteiger partial charge in [0.25, 0.3) is 11.5 Å². The van der Waals surface area contributed by atoms with E-state index in [1.54, 1.807) is 43.3 Å². The van der Waals surface area contributed by atoms with Crippen molar-refractivity contribution in [1.82, 2.24) is 14.8 Å². The van der Waals surface area contributed by atoms with E-state index in [1.165, 1.54) is 4.57 Å². The SMILES string of the molecule is Cc1[nH]nc2c1[C@H](c1ccc(Cl)cc1)N(c1cc(C)c(=O)n(C)c1)C2=O. The Morgan fingerprint density at radius 1 is 1.15 bits per heavy atom. The van der Waals surface area contributed by atoms with Crippen LogP contribution in [0, 0.1) is 13.8 Å². The van der Waals surface area contributed by atoms with Crippen molar-refractivity contribution < 1.29 is 4.79 Å². The van der Waals surface area contributed by atoms with E-state index in [2.05, 4.69) is 10.2 Å². The fraction of sp³-hybridized carbons (Fsp3) is 0.211. The molecule has 0 saturated carbocycles. The number of amides is 1. The minimum absolute atomic E-state index is 0.0852. The first-order valence-corrected chi connectivity index (χ1v) is 8.57. The Kier molecular flexibility index (Phi) is 3.73. The topological polar surface area (TPSA) is 71.0 Å². The van der Waals surface area contributed by atoms with Crippen molar-refractivity contribution in [2.45, 2.75) is 19.9 Å². The summed E-state index contributed by atoms with van der Waals surface area (Å²) in [5.74, 6) is -0.192. The summed E-state index contributed by atoms with van der Waals surface area (Å²) in [6.07, 6.45) is 1.68. The fourth-order valence-corrected chi connectivity index (χ4v) is 3.64. The van der Waals surface area contributed by atoms with Gasteiger partial charge in [0, 0.05) is 35.1 Å². The number of hydrogen-bond donors (Lipinski definition) is 1. The maximum Gasteiger partial charge on any atom is 0.280 e. The summed E-state index contributed by atoms with van der Waals surface area (Å²) in [6, 6.07) is 8.84. The van der Waals surface area contributed by atoms with Gasteiger partial charge in [0.05, 0.1) is 11.7 Å². The number of fused-ring (bicyclic) bond motifs is 1. The van der Waals surface area contributed by atoms with E-state index in [9.17, 15) is 9.59 Å². The largest absolute Gasteiger partial charge is 0.316 e. The highest BCUT2D eigenvalue weighted by Crippen LogP contribution is 2.42. The van der Waals surface area contributed by atoms with E-state index in [0.29, 0.717) is 22.0 Å². The molecule has 3 aromatic rings. The molecule has 7 heteroatoms. The van der Waals surface area contributed by atoms with Crippen molar-refractivity contribution in [2.24, 2.45) is 7.05 Å². The predicted octanol–water partition coefficient (Wildman–Crippen LogP) is 3.13. The number of nitrogens with one attached hydrogen (secondary N) is 1. The van der Waals surface area contributed by atoms with Crippen LogP contribution in [0.15, 0.2) is 41.3 Å². The quantitative estimate of drug-likeness (QED) is 0.755. The van der Waals surface area contributed by atoms with Gasteiger partial charge in [-0.3, -0.25) is 19.6 Å². The maximum atomic E-state index is 13.1. The van der Waals surface area contributed by atoms with Crippen LogP contribution in [0.2, 0.25) is 5.02 Å². The zero-order chi connectivity index (χ0) is 18.6. The number of H-pyrrole nitrogens is 1. The Balaban J connectivity index is 1.94. The number of hydrogen-bond acceptors (Lipinski definition) is 3. The van der Waals surface area contributed by atoms with Crippen molar-refractivity contribution in [1.29, 1.82) is 0 Å². The molecule has 1 atom stereocenters. The van der Waals surface area contributed by atoms with Gasteiger partial charge in [0.15, 0.2) is 5.69 Å². The first-order valence-electron chi connectivity index (χ1n) is 8.19. The van der Waals surface area contributed by atoms with E-state index in [-0.39, 0.29) is 17.5 Å². The van der Waals surface area contributed by atoms with E-state index in [0.717, 1.165) is 16.8 Å². The molecule has 1 aliphatic rings.